The van der Waals surface area contributed by atoms with Crippen molar-refractivity contribution in [1.29, 1.82) is 5.26 Å². The second kappa shape index (κ2) is 6.80. The average Bonchev–Trinajstić information content (AvgIpc) is 3.11. The highest BCUT2D eigenvalue weighted by Gasteiger charge is 2.27. The van der Waals surface area contributed by atoms with Gasteiger partial charge in [0, 0.05) is 11.6 Å². The fourth-order valence-corrected chi connectivity index (χ4v) is 5.41. The Morgan fingerprint density at radius 1 is 1.14 bits per heavy atom. The number of hydrogen-bond acceptors (Lipinski definition) is 4. The summed E-state index contributed by atoms with van der Waals surface area (Å²) in [6.07, 6.45) is 2.99. The lowest BCUT2D eigenvalue weighted by molar-refractivity contribution is 0.100. The average molecular weight is 393 g/mol. The predicted molar refractivity (Wildman–Crippen MR) is 108 cm³/mol. The van der Waals surface area contributed by atoms with Crippen LogP contribution in [0.25, 0.3) is 22.0 Å². The number of nitriles is 1. The number of carbonyl (C=O) groups excluding carboxylic acids is 1. The van der Waals surface area contributed by atoms with Crippen LogP contribution >= 0.6 is 0 Å². The smallest absolute Gasteiger partial charge is 0.250 e. The van der Waals surface area contributed by atoms with Crippen molar-refractivity contribution in [2.75, 3.05) is 11.5 Å². The van der Waals surface area contributed by atoms with Gasteiger partial charge >= 0.3 is 0 Å². The van der Waals surface area contributed by atoms with Gasteiger partial charge < -0.3 is 10.7 Å². The molecular formula is C21H19N3O3S. The molecule has 1 aromatic heterocycles. The third-order valence-corrected chi connectivity index (χ3v) is 7.12. The zero-order valence-electron chi connectivity index (χ0n) is 15.1. The lowest BCUT2D eigenvalue weighted by Gasteiger charge is -2.21. The van der Waals surface area contributed by atoms with Crippen molar-refractivity contribution >= 4 is 26.6 Å². The fourth-order valence-electron chi connectivity index (χ4n) is 3.92. The minimum absolute atomic E-state index is 0.110. The topological polar surface area (TPSA) is 117 Å². The molecule has 2 heterocycles. The van der Waals surface area contributed by atoms with Crippen LogP contribution in [-0.4, -0.2) is 30.8 Å². The van der Waals surface area contributed by atoms with Crippen molar-refractivity contribution in [3.8, 4) is 17.2 Å². The normalized spacial score (nSPS) is 16.7. The molecule has 3 N–H and O–H groups in total. The third-order valence-electron chi connectivity index (χ3n) is 5.41. The van der Waals surface area contributed by atoms with Gasteiger partial charge in [0.25, 0.3) is 5.91 Å². The Bertz CT molecular complexity index is 1220. The molecule has 1 aliphatic rings. The first-order valence-corrected chi connectivity index (χ1v) is 10.9. The molecule has 0 atom stereocenters. The molecule has 0 unspecified atom stereocenters. The Balaban J connectivity index is 1.87. The van der Waals surface area contributed by atoms with E-state index in [2.05, 4.69) is 11.1 Å². The predicted octanol–water partition coefficient (Wildman–Crippen LogP) is 3.10. The monoisotopic (exact) mass is 393 g/mol. The molecule has 0 bridgehead atoms. The summed E-state index contributed by atoms with van der Waals surface area (Å²) >= 11 is 0. The molecule has 0 aliphatic carbocycles. The molecule has 7 heteroatoms. The molecule has 1 fully saturated rings. The number of aromatic nitrogens is 1. The number of amides is 1. The zero-order valence-corrected chi connectivity index (χ0v) is 15.9. The largest absolute Gasteiger partial charge is 0.366 e. The first kappa shape index (κ1) is 18.3. The summed E-state index contributed by atoms with van der Waals surface area (Å²) in [6, 6.07) is 13.0. The highest BCUT2D eigenvalue weighted by molar-refractivity contribution is 7.91. The highest BCUT2D eigenvalue weighted by atomic mass is 32.2. The van der Waals surface area contributed by atoms with Gasteiger partial charge in [-0.15, -0.1) is 0 Å². The number of carbonyl (C=O) groups is 1. The number of rotatable bonds is 3. The van der Waals surface area contributed by atoms with E-state index in [4.69, 9.17) is 11.0 Å². The molecule has 0 radical (unpaired) electrons. The van der Waals surface area contributed by atoms with E-state index < -0.39 is 15.7 Å². The molecule has 4 rings (SSSR count). The molecule has 6 nitrogen and oxygen atoms in total. The maximum atomic E-state index is 12.1. The van der Waals surface area contributed by atoms with Gasteiger partial charge in [0.15, 0.2) is 0 Å². The van der Waals surface area contributed by atoms with Gasteiger partial charge in [0.05, 0.1) is 34.2 Å². The number of nitrogens with zero attached hydrogens (tertiary/aromatic N) is 1. The summed E-state index contributed by atoms with van der Waals surface area (Å²) in [5.41, 5.74) is 9.81. The second-order valence-corrected chi connectivity index (χ2v) is 9.48. The minimum atomic E-state index is -2.96. The number of sulfone groups is 1. The minimum Gasteiger partial charge on any atom is -0.366 e. The highest BCUT2D eigenvalue weighted by Crippen LogP contribution is 2.37. The van der Waals surface area contributed by atoms with E-state index in [1.165, 1.54) is 0 Å². The number of aromatic amines is 1. The molecule has 28 heavy (non-hydrogen) atoms. The first-order valence-electron chi connectivity index (χ1n) is 9.04. The quantitative estimate of drug-likeness (QED) is 0.711. The summed E-state index contributed by atoms with van der Waals surface area (Å²) in [5, 5.41) is 10.0. The molecule has 1 aliphatic heterocycles. The number of benzene rings is 2. The van der Waals surface area contributed by atoms with Gasteiger partial charge in [-0.25, -0.2) is 8.42 Å². The number of H-pyrrole nitrogens is 1. The number of hydrogen-bond donors (Lipinski definition) is 2. The number of fused-ring (bicyclic) bond motifs is 1. The molecule has 1 saturated heterocycles. The number of nitrogens with one attached hydrogen (secondary N) is 1. The van der Waals surface area contributed by atoms with Gasteiger partial charge in [-0.3, -0.25) is 4.79 Å². The number of primary amides is 1. The van der Waals surface area contributed by atoms with Crippen LogP contribution in [0.4, 0.5) is 0 Å². The molecule has 3 aromatic rings. The summed E-state index contributed by atoms with van der Waals surface area (Å²) < 4.78 is 23.6. The van der Waals surface area contributed by atoms with E-state index in [1.807, 2.05) is 18.3 Å². The standard InChI is InChI=1S/C21H19N3O3S/c22-11-13-2-1-3-15(8-13)16-9-17-19(14-4-6-28(26,27)7-5-14)12-24-20(17)18(10-16)21(23)25/h1-3,8-10,12,14,24H,4-7H2,(H2,23,25). The lowest BCUT2D eigenvalue weighted by atomic mass is 9.90. The maximum Gasteiger partial charge on any atom is 0.250 e. The van der Waals surface area contributed by atoms with Gasteiger partial charge in [0.1, 0.15) is 9.84 Å². The Hall–Kier alpha value is -3.11. The fraction of sp³-hybridized carbons (Fsp3) is 0.238. The first-order chi connectivity index (χ1) is 13.4. The van der Waals surface area contributed by atoms with Gasteiger partial charge in [-0.1, -0.05) is 12.1 Å². The Kier molecular flexibility index (Phi) is 4.44. The van der Waals surface area contributed by atoms with E-state index in [-0.39, 0.29) is 17.4 Å². The van der Waals surface area contributed by atoms with Gasteiger partial charge in [-0.05, 0) is 59.7 Å². The van der Waals surface area contributed by atoms with Crippen LogP contribution in [0.2, 0.25) is 0 Å². The Morgan fingerprint density at radius 2 is 1.89 bits per heavy atom. The van der Waals surface area contributed by atoms with Crippen LogP contribution in [0.5, 0.6) is 0 Å². The van der Waals surface area contributed by atoms with E-state index in [1.54, 1.807) is 24.3 Å². The molecular weight excluding hydrogens is 374 g/mol. The molecule has 142 valence electrons. The van der Waals surface area contributed by atoms with Crippen molar-refractivity contribution in [2.45, 2.75) is 18.8 Å². The SMILES string of the molecule is N#Cc1cccc(-c2cc(C(N)=O)c3[nH]cc(C4CCS(=O)(=O)CC4)c3c2)c1. The summed E-state index contributed by atoms with van der Waals surface area (Å²) in [7, 11) is -2.96. The second-order valence-electron chi connectivity index (χ2n) is 7.17. The van der Waals surface area contributed by atoms with Crippen LogP contribution < -0.4 is 5.73 Å². The molecule has 1 amide bonds. The zero-order chi connectivity index (χ0) is 19.9. The number of nitrogens with two attached hydrogens (primary N) is 1. The van der Waals surface area contributed by atoms with Crippen LogP contribution in [0, 0.1) is 11.3 Å². The molecule has 2 aromatic carbocycles. The van der Waals surface area contributed by atoms with E-state index in [0.29, 0.717) is 29.5 Å². The van der Waals surface area contributed by atoms with Crippen molar-refractivity contribution < 1.29 is 13.2 Å². The Morgan fingerprint density at radius 3 is 2.57 bits per heavy atom. The summed E-state index contributed by atoms with van der Waals surface area (Å²) in [6.45, 7) is 0. The van der Waals surface area contributed by atoms with Crippen molar-refractivity contribution in [3.63, 3.8) is 0 Å². The lowest BCUT2D eigenvalue weighted by Crippen LogP contribution is -2.22. The van der Waals surface area contributed by atoms with E-state index in [9.17, 15) is 13.2 Å². The maximum absolute atomic E-state index is 12.1. The van der Waals surface area contributed by atoms with Crippen molar-refractivity contribution in [2.24, 2.45) is 5.73 Å². The van der Waals surface area contributed by atoms with Crippen LogP contribution in [0.3, 0.4) is 0 Å². The van der Waals surface area contributed by atoms with Crippen LogP contribution in [0.1, 0.15) is 40.2 Å². The van der Waals surface area contributed by atoms with E-state index >= 15 is 0 Å². The van der Waals surface area contributed by atoms with Crippen LogP contribution in [-0.2, 0) is 9.84 Å². The van der Waals surface area contributed by atoms with Crippen molar-refractivity contribution in [1.82, 2.24) is 4.98 Å². The third kappa shape index (κ3) is 3.27. The molecule has 0 saturated carbocycles. The van der Waals surface area contributed by atoms with E-state index in [0.717, 1.165) is 22.1 Å². The van der Waals surface area contributed by atoms with Crippen LogP contribution in [0.15, 0.2) is 42.6 Å². The van der Waals surface area contributed by atoms with Crippen molar-refractivity contribution in [3.05, 3.63) is 59.3 Å². The van der Waals surface area contributed by atoms with Gasteiger partial charge in [-0.2, -0.15) is 5.26 Å². The molecule has 0 spiro atoms. The summed E-state index contributed by atoms with van der Waals surface area (Å²) in [5.74, 6) is -0.0741. The summed E-state index contributed by atoms with van der Waals surface area (Å²) in [4.78, 5) is 15.2. The van der Waals surface area contributed by atoms with Gasteiger partial charge in [0.2, 0.25) is 0 Å². The Labute approximate surface area is 162 Å².